The van der Waals surface area contributed by atoms with E-state index in [1.54, 1.807) is 12.1 Å². The number of nitrogens with zero attached hydrogens (tertiary/aromatic N) is 2. The molecule has 1 aromatic heterocycles. The van der Waals surface area contributed by atoms with Crippen molar-refractivity contribution in [1.29, 1.82) is 0 Å². The van der Waals surface area contributed by atoms with Crippen LogP contribution in [0.1, 0.15) is 18.1 Å². The van der Waals surface area contributed by atoms with Gasteiger partial charge in [0.2, 0.25) is 0 Å². The van der Waals surface area contributed by atoms with Gasteiger partial charge in [-0.05, 0) is 53.1 Å². The van der Waals surface area contributed by atoms with Crippen LogP contribution in [-0.2, 0) is 11.4 Å². The number of amides is 1. The van der Waals surface area contributed by atoms with Gasteiger partial charge in [0.1, 0.15) is 12.1 Å². The van der Waals surface area contributed by atoms with Gasteiger partial charge < -0.3 is 13.9 Å². The number of thioether (sulfide) groups is 1. The minimum atomic E-state index is -0.292. The van der Waals surface area contributed by atoms with Gasteiger partial charge in [0.05, 0.1) is 23.6 Å². The first kappa shape index (κ1) is 25.6. The molecule has 0 radical (unpaired) electrons. The zero-order valence-corrected chi connectivity index (χ0v) is 22.1. The normalized spacial score (nSPS) is 11.3. The number of benzene rings is 4. The molecule has 0 unspecified atom stereocenters. The number of carbonyl (C=O) groups excluding carboxylic acids is 1. The number of hydrogen-bond donors (Lipinski definition) is 1. The van der Waals surface area contributed by atoms with Crippen molar-refractivity contribution >= 4 is 57.4 Å². The van der Waals surface area contributed by atoms with E-state index in [1.165, 1.54) is 18.0 Å². The fourth-order valence-electron chi connectivity index (χ4n) is 3.88. The number of rotatable bonds is 10. The van der Waals surface area contributed by atoms with Gasteiger partial charge in [-0.2, -0.15) is 5.10 Å². The van der Waals surface area contributed by atoms with Crippen LogP contribution < -0.4 is 14.9 Å². The van der Waals surface area contributed by atoms with Crippen molar-refractivity contribution in [3.8, 4) is 11.5 Å². The number of oxazole rings is 1. The van der Waals surface area contributed by atoms with Gasteiger partial charge in [-0.3, -0.25) is 4.79 Å². The topological polar surface area (TPSA) is 86.0 Å². The van der Waals surface area contributed by atoms with Crippen molar-refractivity contribution in [3.05, 3.63) is 95.0 Å². The number of hydrazone groups is 1. The third kappa shape index (κ3) is 6.10. The van der Waals surface area contributed by atoms with E-state index < -0.39 is 0 Å². The van der Waals surface area contributed by atoms with Gasteiger partial charge in [-0.15, -0.1) is 0 Å². The average molecular weight is 546 g/mol. The van der Waals surface area contributed by atoms with E-state index in [9.17, 15) is 4.79 Å². The third-order valence-corrected chi connectivity index (χ3v) is 6.70. The maximum absolute atomic E-state index is 12.2. The van der Waals surface area contributed by atoms with Crippen molar-refractivity contribution in [2.45, 2.75) is 18.8 Å². The zero-order valence-electron chi connectivity index (χ0n) is 20.5. The molecule has 9 heteroatoms. The maximum Gasteiger partial charge on any atom is 0.257 e. The minimum Gasteiger partial charge on any atom is -0.490 e. The molecule has 5 rings (SSSR count). The Hall–Kier alpha value is -4.01. The van der Waals surface area contributed by atoms with E-state index in [0.29, 0.717) is 46.1 Å². The first-order chi connectivity index (χ1) is 18.6. The van der Waals surface area contributed by atoms with Crippen LogP contribution >= 0.6 is 23.4 Å². The fourth-order valence-corrected chi connectivity index (χ4v) is 4.79. The summed E-state index contributed by atoms with van der Waals surface area (Å²) in [5, 5.41) is 7.13. The van der Waals surface area contributed by atoms with Gasteiger partial charge in [0.15, 0.2) is 17.1 Å². The molecule has 0 fully saturated rings. The first-order valence-electron chi connectivity index (χ1n) is 12.0. The molecular weight excluding hydrogens is 522 g/mol. The summed E-state index contributed by atoms with van der Waals surface area (Å²) in [6.45, 7) is 2.66. The lowest BCUT2D eigenvalue weighted by Crippen LogP contribution is -2.19. The largest absolute Gasteiger partial charge is 0.490 e. The molecule has 1 amide bonds. The number of halogens is 1. The molecule has 0 aliphatic carbocycles. The molecule has 192 valence electrons. The molecule has 0 bridgehead atoms. The Kier molecular flexibility index (Phi) is 8.11. The molecule has 5 aromatic rings. The predicted molar refractivity (Wildman–Crippen MR) is 151 cm³/mol. The van der Waals surface area contributed by atoms with Crippen LogP contribution in [0.25, 0.3) is 21.9 Å². The van der Waals surface area contributed by atoms with Crippen molar-refractivity contribution in [2.75, 3.05) is 12.4 Å². The van der Waals surface area contributed by atoms with Crippen LogP contribution in [0.5, 0.6) is 11.5 Å². The molecule has 1 heterocycles. The van der Waals surface area contributed by atoms with E-state index in [0.717, 1.165) is 21.9 Å². The summed E-state index contributed by atoms with van der Waals surface area (Å²) >= 11 is 7.77. The maximum atomic E-state index is 12.2. The summed E-state index contributed by atoms with van der Waals surface area (Å²) in [5.41, 5.74) is 5.64. The zero-order chi connectivity index (χ0) is 26.3. The second-order valence-corrected chi connectivity index (χ2v) is 9.55. The molecule has 0 saturated carbocycles. The van der Waals surface area contributed by atoms with Crippen LogP contribution in [-0.4, -0.2) is 29.5 Å². The molecule has 0 atom stereocenters. The molecule has 0 aliphatic heterocycles. The van der Waals surface area contributed by atoms with E-state index in [4.69, 9.17) is 25.5 Å². The molecule has 4 aromatic carbocycles. The van der Waals surface area contributed by atoms with Gasteiger partial charge in [-0.25, -0.2) is 10.4 Å². The van der Waals surface area contributed by atoms with Gasteiger partial charge in [0, 0.05) is 0 Å². The second kappa shape index (κ2) is 12.0. The number of nitrogens with one attached hydrogen (secondary N) is 1. The molecule has 7 nitrogen and oxygen atoms in total. The Morgan fingerprint density at radius 2 is 1.89 bits per heavy atom. The number of fused-ring (bicyclic) bond motifs is 2. The van der Waals surface area contributed by atoms with E-state index in [2.05, 4.69) is 33.7 Å². The van der Waals surface area contributed by atoms with E-state index in [-0.39, 0.29) is 11.7 Å². The van der Waals surface area contributed by atoms with Crippen LogP contribution in [0, 0.1) is 0 Å². The Balaban J connectivity index is 1.22. The van der Waals surface area contributed by atoms with E-state index in [1.807, 2.05) is 55.5 Å². The molecule has 38 heavy (non-hydrogen) atoms. The summed E-state index contributed by atoms with van der Waals surface area (Å²) in [7, 11) is 0. The summed E-state index contributed by atoms with van der Waals surface area (Å²) in [6, 6.07) is 25.2. The van der Waals surface area contributed by atoms with Gasteiger partial charge in [0.25, 0.3) is 11.1 Å². The van der Waals surface area contributed by atoms with Crippen LogP contribution in [0.2, 0.25) is 5.02 Å². The Labute approximate surface area is 228 Å². The lowest BCUT2D eigenvalue weighted by Gasteiger charge is -2.15. The van der Waals surface area contributed by atoms with E-state index >= 15 is 0 Å². The van der Waals surface area contributed by atoms with Crippen molar-refractivity contribution < 1.29 is 18.7 Å². The number of aromatic nitrogens is 1. The fraction of sp³-hybridized carbons (Fsp3) is 0.138. The predicted octanol–water partition coefficient (Wildman–Crippen LogP) is 6.85. The number of para-hydroxylation sites is 2. The van der Waals surface area contributed by atoms with Gasteiger partial charge >= 0.3 is 0 Å². The molecule has 0 spiro atoms. The average Bonchev–Trinajstić information content (AvgIpc) is 3.35. The van der Waals surface area contributed by atoms with Crippen LogP contribution in [0.4, 0.5) is 0 Å². The smallest absolute Gasteiger partial charge is 0.257 e. The molecule has 0 saturated heterocycles. The highest BCUT2D eigenvalue weighted by Crippen LogP contribution is 2.37. The van der Waals surface area contributed by atoms with Crippen LogP contribution in [0.15, 0.2) is 93.6 Å². The summed E-state index contributed by atoms with van der Waals surface area (Å²) in [5.74, 6) is 0.771. The highest BCUT2D eigenvalue weighted by atomic mass is 35.5. The monoisotopic (exact) mass is 545 g/mol. The SMILES string of the molecule is CCOc1cc(/C=N\NC(=O)CSc2nc3ccccc3o2)cc(Cl)c1OCc1cccc2ccccc12. The number of ether oxygens (including phenoxy) is 2. The van der Waals surface area contributed by atoms with Gasteiger partial charge in [-0.1, -0.05) is 78.0 Å². The van der Waals surface area contributed by atoms with Crippen molar-refractivity contribution in [3.63, 3.8) is 0 Å². The Bertz CT molecular complexity index is 1580. The summed E-state index contributed by atoms with van der Waals surface area (Å²) in [4.78, 5) is 16.6. The highest BCUT2D eigenvalue weighted by Gasteiger charge is 2.14. The summed E-state index contributed by atoms with van der Waals surface area (Å²) in [6.07, 6.45) is 1.50. The Morgan fingerprint density at radius 3 is 2.76 bits per heavy atom. The minimum absolute atomic E-state index is 0.107. The lowest BCUT2D eigenvalue weighted by molar-refractivity contribution is -0.118. The number of carbonyl (C=O) groups is 1. The Morgan fingerprint density at radius 1 is 1.08 bits per heavy atom. The second-order valence-electron chi connectivity index (χ2n) is 8.22. The third-order valence-electron chi connectivity index (χ3n) is 5.59. The molecule has 1 N–H and O–H groups in total. The molecular formula is C29H24ClN3O4S. The molecule has 0 aliphatic rings. The quantitative estimate of drug-likeness (QED) is 0.117. The highest BCUT2D eigenvalue weighted by molar-refractivity contribution is 7.99. The summed E-state index contributed by atoms with van der Waals surface area (Å²) < 4.78 is 17.5. The first-order valence-corrected chi connectivity index (χ1v) is 13.3. The van der Waals surface area contributed by atoms with Crippen LogP contribution in [0.3, 0.4) is 0 Å². The number of hydrogen-bond acceptors (Lipinski definition) is 7. The standard InChI is InChI=1S/C29H24ClN3O4S/c1-2-35-26-15-19(16-31-33-27(34)18-38-29-32-24-12-5-6-13-25(24)37-29)14-23(30)28(26)36-17-21-10-7-9-20-8-3-4-11-22(20)21/h3-16H,2,17-18H2,1H3,(H,33,34)/b31-16-. The lowest BCUT2D eigenvalue weighted by atomic mass is 10.1. The van der Waals surface area contributed by atoms with Crippen molar-refractivity contribution in [1.82, 2.24) is 10.4 Å². The van der Waals surface area contributed by atoms with Crippen molar-refractivity contribution in [2.24, 2.45) is 5.10 Å².